The number of hydrogen-bond donors (Lipinski definition) is 1. The van der Waals surface area contributed by atoms with Crippen LogP contribution < -0.4 is 5.32 Å². The highest BCUT2D eigenvalue weighted by Crippen LogP contribution is 2.28. The monoisotopic (exact) mass is 356 g/mol. The fraction of sp³-hybridized carbons (Fsp3) is 0.333. The molecule has 6 nitrogen and oxygen atoms in total. The normalized spacial score (nSPS) is 11.1. The Hall–Kier alpha value is -2.54. The van der Waals surface area contributed by atoms with Gasteiger partial charge in [0.1, 0.15) is 16.3 Å². The smallest absolute Gasteiger partial charge is 0.263 e. The van der Waals surface area contributed by atoms with Gasteiger partial charge in [-0.15, -0.1) is 10.2 Å². The Labute approximate surface area is 150 Å². The molecule has 0 aliphatic heterocycles. The van der Waals surface area contributed by atoms with Crippen LogP contribution in [0, 0.1) is 6.92 Å². The highest BCUT2D eigenvalue weighted by molar-refractivity contribution is 7.18. The number of aryl methyl sites for hydroxylation is 2. The van der Waals surface area contributed by atoms with Gasteiger partial charge in [0.2, 0.25) is 5.13 Å². The summed E-state index contributed by atoms with van der Waals surface area (Å²) in [5.41, 5.74) is 3.37. The average molecular weight is 356 g/mol. The zero-order chi connectivity index (χ0) is 18.0. The van der Waals surface area contributed by atoms with E-state index in [1.54, 1.807) is 6.92 Å². The molecule has 7 heteroatoms. The van der Waals surface area contributed by atoms with Crippen molar-refractivity contribution >= 4 is 22.4 Å². The molecule has 3 rings (SSSR count). The Kier molecular flexibility index (Phi) is 4.94. The van der Waals surface area contributed by atoms with Crippen LogP contribution in [0.2, 0.25) is 0 Å². The Bertz CT molecular complexity index is 881. The summed E-state index contributed by atoms with van der Waals surface area (Å²) in [6.07, 6.45) is 0.629. The molecule has 1 N–H and O–H groups in total. The second-order valence-corrected chi connectivity index (χ2v) is 7.03. The van der Waals surface area contributed by atoms with Crippen molar-refractivity contribution in [2.24, 2.45) is 0 Å². The lowest BCUT2D eigenvalue weighted by atomic mass is 10.0. The van der Waals surface area contributed by atoms with E-state index in [2.05, 4.69) is 46.7 Å². The lowest BCUT2D eigenvalue weighted by Crippen LogP contribution is -2.14. The fourth-order valence-corrected chi connectivity index (χ4v) is 3.26. The third-order valence-corrected chi connectivity index (χ3v) is 4.85. The quantitative estimate of drug-likeness (QED) is 0.731. The number of hydrogen-bond acceptors (Lipinski definition) is 6. The van der Waals surface area contributed by atoms with Gasteiger partial charge in [-0.25, -0.2) is 0 Å². The Morgan fingerprint density at radius 3 is 2.60 bits per heavy atom. The van der Waals surface area contributed by atoms with Crippen LogP contribution >= 0.6 is 11.3 Å². The van der Waals surface area contributed by atoms with Gasteiger partial charge in [0.25, 0.3) is 5.91 Å². The van der Waals surface area contributed by atoms with E-state index >= 15 is 0 Å². The van der Waals surface area contributed by atoms with E-state index in [0.717, 1.165) is 10.6 Å². The molecule has 0 bridgehead atoms. The molecule has 2 heterocycles. The number of carbonyl (C=O) groups excluding carboxylic acids is 1. The minimum absolute atomic E-state index is 0.270. The van der Waals surface area contributed by atoms with Crippen molar-refractivity contribution in [3.8, 4) is 10.6 Å². The molecule has 0 saturated heterocycles. The Morgan fingerprint density at radius 2 is 1.96 bits per heavy atom. The first kappa shape index (κ1) is 17.3. The van der Waals surface area contributed by atoms with Gasteiger partial charge in [0.15, 0.2) is 0 Å². The zero-order valence-electron chi connectivity index (χ0n) is 14.7. The molecule has 1 aromatic carbocycles. The van der Waals surface area contributed by atoms with Crippen molar-refractivity contribution < 1.29 is 9.32 Å². The third-order valence-electron chi connectivity index (χ3n) is 3.97. The van der Waals surface area contributed by atoms with E-state index in [-0.39, 0.29) is 5.91 Å². The lowest BCUT2D eigenvalue weighted by Gasteiger charge is -2.04. The number of rotatable bonds is 5. The standard InChI is InChI=1S/C18H20N4O2S/c1-5-14-15(11(4)24-22-14)16(23)19-18-21-20-17(25-18)13-8-6-12(7-9-13)10(2)3/h6-10H,5H2,1-4H3,(H,19,21,23). The van der Waals surface area contributed by atoms with E-state index in [9.17, 15) is 4.79 Å². The topological polar surface area (TPSA) is 80.9 Å². The molecule has 0 aliphatic carbocycles. The zero-order valence-corrected chi connectivity index (χ0v) is 15.5. The maximum atomic E-state index is 12.5. The predicted molar refractivity (Wildman–Crippen MR) is 98.0 cm³/mol. The fourth-order valence-electron chi connectivity index (χ4n) is 2.51. The lowest BCUT2D eigenvalue weighted by molar-refractivity contribution is 0.102. The van der Waals surface area contributed by atoms with Crippen LogP contribution in [0.1, 0.15) is 54.1 Å². The molecule has 0 radical (unpaired) electrons. The van der Waals surface area contributed by atoms with Crippen LogP contribution in [0.4, 0.5) is 5.13 Å². The number of nitrogens with one attached hydrogen (secondary N) is 1. The second-order valence-electron chi connectivity index (χ2n) is 6.06. The van der Waals surface area contributed by atoms with Crippen molar-refractivity contribution in [3.05, 3.63) is 46.8 Å². The van der Waals surface area contributed by atoms with Gasteiger partial charge >= 0.3 is 0 Å². The van der Waals surface area contributed by atoms with E-state index in [1.807, 2.05) is 19.1 Å². The van der Waals surface area contributed by atoms with Gasteiger partial charge in [-0.2, -0.15) is 0 Å². The van der Waals surface area contributed by atoms with Crippen molar-refractivity contribution in [3.63, 3.8) is 0 Å². The van der Waals surface area contributed by atoms with Crippen molar-refractivity contribution in [1.29, 1.82) is 0 Å². The number of benzene rings is 1. The minimum atomic E-state index is -0.270. The number of aromatic nitrogens is 3. The summed E-state index contributed by atoms with van der Waals surface area (Å²) in [5.74, 6) is 0.717. The minimum Gasteiger partial charge on any atom is -0.361 e. The van der Waals surface area contributed by atoms with Gasteiger partial charge < -0.3 is 4.52 Å². The SMILES string of the molecule is CCc1noc(C)c1C(=O)Nc1nnc(-c2ccc(C(C)C)cc2)s1. The van der Waals surface area contributed by atoms with Gasteiger partial charge in [-0.1, -0.05) is 61.5 Å². The van der Waals surface area contributed by atoms with E-state index in [1.165, 1.54) is 16.9 Å². The van der Waals surface area contributed by atoms with Gasteiger partial charge in [0, 0.05) is 5.56 Å². The first-order chi connectivity index (χ1) is 12.0. The summed E-state index contributed by atoms with van der Waals surface area (Å²) in [6.45, 7) is 7.97. The van der Waals surface area contributed by atoms with E-state index in [0.29, 0.717) is 34.5 Å². The average Bonchev–Trinajstić information content (AvgIpc) is 3.21. The predicted octanol–water partition coefficient (Wildman–Crippen LogP) is 4.44. The van der Waals surface area contributed by atoms with Gasteiger partial charge in [-0.3, -0.25) is 10.1 Å². The Morgan fingerprint density at radius 1 is 1.24 bits per heavy atom. The largest absolute Gasteiger partial charge is 0.361 e. The summed E-state index contributed by atoms with van der Waals surface area (Å²) in [6, 6.07) is 8.24. The molecule has 0 fully saturated rings. The molecule has 0 atom stereocenters. The van der Waals surface area contributed by atoms with Crippen molar-refractivity contribution in [2.45, 2.75) is 40.0 Å². The summed E-state index contributed by atoms with van der Waals surface area (Å²) < 4.78 is 5.11. The number of carbonyl (C=O) groups is 1. The first-order valence-corrected chi connectivity index (χ1v) is 9.01. The van der Waals surface area contributed by atoms with Gasteiger partial charge in [0.05, 0.1) is 5.69 Å². The van der Waals surface area contributed by atoms with Gasteiger partial charge in [-0.05, 0) is 24.8 Å². The summed E-state index contributed by atoms with van der Waals surface area (Å²) in [7, 11) is 0. The number of nitrogens with zero attached hydrogens (tertiary/aromatic N) is 3. The first-order valence-electron chi connectivity index (χ1n) is 8.20. The molecular formula is C18H20N4O2S. The van der Waals surface area contributed by atoms with Crippen LogP contribution in [-0.4, -0.2) is 21.3 Å². The summed E-state index contributed by atoms with van der Waals surface area (Å²) in [4.78, 5) is 12.5. The molecule has 0 unspecified atom stereocenters. The van der Waals surface area contributed by atoms with Crippen LogP contribution in [0.15, 0.2) is 28.8 Å². The highest BCUT2D eigenvalue weighted by Gasteiger charge is 2.20. The molecular weight excluding hydrogens is 336 g/mol. The molecule has 0 saturated carbocycles. The maximum Gasteiger partial charge on any atom is 0.263 e. The maximum absolute atomic E-state index is 12.5. The number of amides is 1. The van der Waals surface area contributed by atoms with E-state index < -0.39 is 0 Å². The summed E-state index contributed by atoms with van der Waals surface area (Å²) in [5, 5.41) is 16.2. The molecule has 0 spiro atoms. The van der Waals surface area contributed by atoms with Crippen LogP contribution in [-0.2, 0) is 6.42 Å². The van der Waals surface area contributed by atoms with Crippen LogP contribution in [0.3, 0.4) is 0 Å². The second kappa shape index (κ2) is 7.14. The summed E-state index contributed by atoms with van der Waals surface area (Å²) >= 11 is 1.34. The Balaban J connectivity index is 1.77. The van der Waals surface area contributed by atoms with Crippen LogP contribution in [0.25, 0.3) is 10.6 Å². The molecule has 3 aromatic rings. The number of anilines is 1. The molecule has 1 amide bonds. The van der Waals surface area contributed by atoms with Crippen molar-refractivity contribution in [2.75, 3.05) is 5.32 Å². The van der Waals surface area contributed by atoms with E-state index in [4.69, 9.17) is 4.52 Å². The molecule has 2 aromatic heterocycles. The van der Waals surface area contributed by atoms with Crippen molar-refractivity contribution in [1.82, 2.24) is 15.4 Å². The highest BCUT2D eigenvalue weighted by atomic mass is 32.1. The molecule has 130 valence electrons. The third kappa shape index (κ3) is 3.61. The molecule has 0 aliphatic rings. The molecule has 25 heavy (non-hydrogen) atoms. The van der Waals surface area contributed by atoms with Crippen LogP contribution in [0.5, 0.6) is 0 Å².